The molecule has 0 aliphatic heterocycles. The number of hydrogen-bond donors (Lipinski definition) is 4. The van der Waals surface area contributed by atoms with E-state index in [2.05, 4.69) is 15.6 Å². The van der Waals surface area contributed by atoms with Gasteiger partial charge >= 0.3 is 12.0 Å². The van der Waals surface area contributed by atoms with E-state index in [-0.39, 0.29) is 6.04 Å². The number of imidazole rings is 1. The summed E-state index contributed by atoms with van der Waals surface area (Å²) < 4.78 is 1.77. The molecule has 0 spiro atoms. The maximum atomic E-state index is 11.6. The number of carboxylic acid groups (broad SMARTS) is 1. The van der Waals surface area contributed by atoms with E-state index in [0.29, 0.717) is 6.54 Å². The number of aromatic nitrogens is 2. The van der Waals surface area contributed by atoms with Gasteiger partial charge in [0, 0.05) is 25.0 Å². The molecular weight excluding hydrogens is 266 g/mol. The van der Waals surface area contributed by atoms with Gasteiger partial charge in [0.2, 0.25) is 5.91 Å². The first kappa shape index (κ1) is 15.5. The summed E-state index contributed by atoms with van der Waals surface area (Å²) in [5.74, 6) is -2.12. The Labute approximate surface area is 115 Å². The quantitative estimate of drug-likeness (QED) is 0.503. The van der Waals surface area contributed by atoms with Crippen molar-refractivity contribution in [3.05, 3.63) is 18.7 Å². The fourth-order valence-electron chi connectivity index (χ4n) is 1.58. The van der Waals surface area contributed by atoms with Gasteiger partial charge in [-0.2, -0.15) is 0 Å². The third-order valence-electron chi connectivity index (χ3n) is 2.43. The van der Waals surface area contributed by atoms with Gasteiger partial charge in [-0.15, -0.1) is 0 Å². The Kier molecular flexibility index (Phi) is 5.51. The summed E-state index contributed by atoms with van der Waals surface area (Å²) >= 11 is 0. The zero-order valence-corrected chi connectivity index (χ0v) is 10.9. The topological polar surface area (TPSA) is 139 Å². The molecule has 110 valence electrons. The predicted molar refractivity (Wildman–Crippen MR) is 68.6 cm³/mol. The molecular formula is C11H17N5O4. The molecule has 0 aliphatic rings. The van der Waals surface area contributed by atoms with Crippen LogP contribution in [0.25, 0.3) is 0 Å². The first-order valence-electron chi connectivity index (χ1n) is 5.92. The zero-order chi connectivity index (χ0) is 15.1. The summed E-state index contributed by atoms with van der Waals surface area (Å²) in [5, 5.41) is 13.6. The average molecular weight is 283 g/mol. The largest absolute Gasteiger partial charge is 0.480 e. The summed E-state index contributed by atoms with van der Waals surface area (Å²) in [7, 11) is 0. The van der Waals surface area contributed by atoms with Crippen LogP contribution in [0.2, 0.25) is 0 Å². The highest BCUT2D eigenvalue weighted by Crippen LogP contribution is 1.94. The minimum absolute atomic E-state index is 0.243. The number of amides is 3. The van der Waals surface area contributed by atoms with Crippen molar-refractivity contribution in [3.63, 3.8) is 0 Å². The Morgan fingerprint density at radius 2 is 2.10 bits per heavy atom. The molecule has 5 N–H and O–H groups in total. The SMILES string of the molecule is CC(Cn1ccnc1)NC(=O)NC(CC(N)=O)C(=O)O. The number of carbonyl (C=O) groups is 3. The number of carboxylic acids is 1. The van der Waals surface area contributed by atoms with Crippen LogP contribution in [-0.2, 0) is 16.1 Å². The molecule has 0 fully saturated rings. The molecule has 1 aromatic rings. The Balaban J connectivity index is 2.44. The Morgan fingerprint density at radius 3 is 2.60 bits per heavy atom. The molecule has 0 radical (unpaired) electrons. The Morgan fingerprint density at radius 1 is 1.40 bits per heavy atom. The van der Waals surface area contributed by atoms with E-state index >= 15 is 0 Å². The highest BCUT2D eigenvalue weighted by Gasteiger charge is 2.22. The van der Waals surface area contributed by atoms with Gasteiger partial charge in [0.1, 0.15) is 6.04 Å². The maximum Gasteiger partial charge on any atom is 0.326 e. The van der Waals surface area contributed by atoms with Crippen molar-refractivity contribution in [2.24, 2.45) is 5.73 Å². The second kappa shape index (κ2) is 7.12. The van der Waals surface area contributed by atoms with Crippen molar-refractivity contribution >= 4 is 17.9 Å². The third-order valence-corrected chi connectivity index (χ3v) is 2.43. The molecule has 0 aliphatic carbocycles. The van der Waals surface area contributed by atoms with E-state index < -0.39 is 30.4 Å². The first-order chi connectivity index (χ1) is 9.38. The summed E-state index contributed by atoms with van der Waals surface area (Å²) in [6.45, 7) is 2.24. The van der Waals surface area contributed by atoms with Gasteiger partial charge < -0.3 is 26.0 Å². The average Bonchev–Trinajstić information content (AvgIpc) is 2.79. The van der Waals surface area contributed by atoms with Crippen molar-refractivity contribution in [1.82, 2.24) is 20.2 Å². The molecule has 0 saturated heterocycles. The number of nitrogens with zero attached hydrogens (tertiary/aromatic N) is 2. The maximum absolute atomic E-state index is 11.6. The number of urea groups is 1. The van der Waals surface area contributed by atoms with Crippen molar-refractivity contribution in [2.45, 2.75) is 32.0 Å². The van der Waals surface area contributed by atoms with Gasteiger partial charge in [0.25, 0.3) is 0 Å². The van der Waals surface area contributed by atoms with Crippen LogP contribution >= 0.6 is 0 Å². The monoisotopic (exact) mass is 283 g/mol. The minimum Gasteiger partial charge on any atom is -0.480 e. The zero-order valence-electron chi connectivity index (χ0n) is 10.9. The minimum atomic E-state index is -1.34. The summed E-state index contributed by atoms with van der Waals surface area (Å²) in [4.78, 5) is 37.0. The second-order valence-electron chi connectivity index (χ2n) is 4.34. The normalized spacial score (nSPS) is 13.2. The highest BCUT2D eigenvalue weighted by atomic mass is 16.4. The molecule has 0 aromatic carbocycles. The molecule has 20 heavy (non-hydrogen) atoms. The number of nitrogens with one attached hydrogen (secondary N) is 2. The first-order valence-corrected chi connectivity index (χ1v) is 5.92. The summed E-state index contributed by atoms with van der Waals surface area (Å²) in [5.41, 5.74) is 4.91. The standard InChI is InChI=1S/C11H17N5O4/c1-7(5-16-3-2-13-6-16)14-11(20)15-8(10(18)19)4-9(12)17/h2-3,6-8H,4-5H2,1H3,(H2,12,17)(H,18,19)(H2,14,15,20). The Hall–Kier alpha value is -2.58. The van der Waals surface area contributed by atoms with Gasteiger partial charge in [-0.3, -0.25) is 4.79 Å². The Bertz CT molecular complexity index is 473. The molecule has 0 bridgehead atoms. The fraction of sp³-hybridized carbons (Fsp3) is 0.455. The molecule has 0 saturated carbocycles. The van der Waals surface area contributed by atoms with Crippen molar-refractivity contribution in [2.75, 3.05) is 0 Å². The molecule has 1 aromatic heterocycles. The van der Waals surface area contributed by atoms with E-state index in [1.807, 2.05) is 0 Å². The number of nitrogens with two attached hydrogens (primary N) is 1. The van der Waals surface area contributed by atoms with Crippen LogP contribution in [0, 0.1) is 0 Å². The van der Waals surface area contributed by atoms with Crippen LogP contribution < -0.4 is 16.4 Å². The molecule has 3 amide bonds. The van der Waals surface area contributed by atoms with Gasteiger partial charge in [0.15, 0.2) is 0 Å². The predicted octanol–water partition coefficient (Wildman–Crippen LogP) is -1.10. The van der Waals surface area contributed by atoms with Crippen LogP contribution in [0.3, 0.4) is 0 Å². The van der Waals surface area contributed by atoms with Crippen LogP contribution in [0.15, 0.2) is 18.7 Å². The van der Waals surface area contributed by atoms with Crippen LogP contribution in [0.1, 0.15) is 13.3 Å². The molecule has 1 heterocycles. The van der Waals surface area contributed by atoms with Crippen LogP contribution in [-0.4, -0.2) is 44.6 Å². The highest BCUT2D eigenvalue weighted by molar-refractivity contribution is 5.87. The van der Waals surface area contributed by atoms with E-state index in [1.54, 1.807) is 30.2 Å². The van der Waals surface area contributed by atoms with E-state index in [4.69, 9.17) is 10.8 Å². The van der Waals surface area contributed by atoms with E-state index in [9.17, 15) is 14.4 Å². The van der Waals surface area contributed by atoms with E-state index in [1.165, 1.54) is 0 Å². The van der Waals surface area contributed by atoms with Crippen molar-refractivity contribution in [3.8, 4) is 0 Å². The van der Waals surface area contributed by atoms with Crippen molar-refractivity contribution < 1.29 is 19.5 Å². The molecule has 2 unspecified atom stereocenters. The summed E-state index contributed by atoms with van der Waals surface area (Å²) in [6.07, 6.45) is 4.49. The van der Waals surface area contributed by atoms with Crippen LogP contribution in [0.5, 0.6) is 0 Å². The molecule has 9 heteroatoms. The fourth-order valence-corrected chi connectivity index (χ4v) is 1.58. The van der Waals surface area contributed by atoms with Crippen molar-refractivity contribution in [1.29, 1.82) is 0 Å². The van der Waals surface area contributed by atoms with Gasteiger partial charge in [-0.1, -0.05) is 0 Å². The lowest BCUT2D eigenvalue weighted by molar-refractivity contribution is -0.140. The van der Waals surface area contributed by atoms with Gasteiger partial charge in [-0.05, 0) is 6.92 Å². The lowest BCUT2D eigenvalue weighted by Gasteiger charge is -2.17. The number of hydrogen-bond acceptors (Lipinski definition) is 4. The van der Waals surface area contributed by atoms with Gasteiger partial charge in [0.05, 0.1) is 12.7 Å². The lowest BCUT2D eigenvalue weighted by atomic mass is 10.2. The summed E-state index contributed by atoms with van der Waals surface area (Å²) in [6, 6.07) is -2.26. The van der Waals surface area contributed by atoms with E-state index in [0.717, 1.165) is 0 Å². The smallest absolute Gasteiger partial charge is 0.326 e. The number of rotatable bonds is 7. The molecule has 1 rings (SSSR count). The number of carbonyl (C=O) groups excluding carboxylic acids is 2. The number of aliphatic carboxylic acids is 1. The molecule has 2 atom stereocenters. The lowest BCUT2D eigenvalue weighted by Crippen LogP contribution is -2.50. The number of primary amides is 1. The molecule has 9 nitrogen and oxygen atoms in total. The van der Waals surface area contributed by atoms with Gasteiger partial charge in [-0.25, -0.2) is 14.6 Å². The second-order valence-corrected chi connectivity index (χ2v) is 4.34. The van der Waals surface area contributed by atoms with Crippen LogP contribution in [0.4, 0.5) is 4.79 Å². The third kappa shape index (κ3) is 5.38.